The Labute approximate surface area is 157 Å². The van der Waals surface area contributed by atoms with Crippen molar-refractivity contribution in [3.8, 4) is 0 Å². The fourth-order valence-corrected chi connectivity index (χ4v) is 3.02. The number of benzene rings is 1. The SMILES string of the molecule is CN=C(NCCc1ccccc1F)NCc1sc(C)nc1C.I. The van der Waals surface area contributed by atoms with Gasteiger partial charge >= 0.3 is 0 Å². The second kappa shape index (κ2) is 9.82. The van der Waals surface area contributed by atoms with Crippen molar-refractivity contribution in [3.63, 3.8) is 0 Å². The lowest BCUT2D eigenvalue weighted by Crippen LogP contribution is -2.37. The Hall–Kier alpha value is -1.22. The standard InChI is InChI=1S/C16H21FN4S.HI/c1-11-15(22-12(2)21-11)10-20-16(18-3)19-9-8-13-6-4-5-7-14(13)17;/h4-7H,8-10H2,1-3H3,(H2,18,19,20);1H. The number of hydrogen-bond donors (Lipinski definition) is 2. The molecule has 0 amide bonds. The number of rotatable bonds is 5. The van der Waals surface area contributed by atoms with Gasteiger partial charge in [0.25, 0.3) is 0 Å². The molecule has 0 unspecified atom stereocenters. The van der Waals surface area contributed by atoms with E-state index >= 15 is 0 Å². The molecule has 0 aliphatic rings. The van der Waals surface area contributed by atoms with Crippen LogP contribution in [0.15, 0.2) is 29.3 Å². The van der Waals surface area contributed by atoms with Crippen molar-refractivity contribution in [2.45, 2.75) is 26.8 Å². The molecule has 4 nitrogen and oxygen atoms in total. The first-order chi connectivity index (χ1) is 10.6. The van der Waals surface area contributed by atoms with E-state index < -0.39 is 0 Å². The van der Waals surface area contributed by atoms with Crippen LogP contribution in [0.5, 0.6) is 0 Å². The predicted molar refractivity (Wildman–Crippen MR) is 105 cm³/mol. The van der Waals surface area contributed by atoms with E-state index in [0.717, 1.165) is 10.7 Å². The zero-order chi connectivity index (χ0) is 15.9. The zero-order valence-corrected chi connectivity index (χ0v) is 16.7. The molecule has 23 heavy (non-hydrogen) atoms. The first-order valence-corrected chi connectivity index (χ1v) is 8.02. The third-order valence-electron chi connectivity index (χ3n) is 3.28. The van der Waals surface area contributed by atoms with Crippen LogP contribution in [0.2, 0.25) is 0 Å². The lowest BCUT2D eigenvalue weighted by molar-refractivity contribution is 0.606. The number of hydrogen-bond acceptors (Lipinski definition) is 3. The van der Waals surface area contributed by atoms with Gasteiger partial charge in [-0.3, -0.25) is 4.99 Å². The smallest absolute Gasteiger partial charge is 0.191 e. The number of aryl methyl sites for hydroxylation is 2. The van der Waals surface area contributed by atoms with E-state index in [1.54, 1.807) is 30.5 Å². The third kappa shape index (κ3) is 6.06. The van der Waals surface area contributed by atoms with Gasteiger partial charge in [0.2, 0.25) is 0 Å². The summed E-state index contributed by atoms with van der Waals surface area (Å²) < 4.78 is 13.5. The Morgan fingerprint density at radius 1 is 1.26 bits per heavy atom. The Kier molecular flexibility index (Phi) is 8.46. The zero-order valence-electron chi connectivity index (χ0n) is 13.5. The third-order valence-corrected chi connectivity index (χ3v) is 4.36. The van der Waals surface area contributed by atoms with E-state index in [2.05, 4.69) is 20.6 Å². The fraction of sp³-hybridized carbons (Fsp3) is 0.375. The highest BCUT2D eigenvalue weighted by Gasteiger charge is 2.06. The molecule has 0 saturated heterocycles. The van der Waals surface area contributed by atoms with Crippen LogP contribution in [0, 0.1) is 19.7 Å². The minimum absolute atomic E-state index is 0. The summed E-state index contributed by atoms with van der Waals surface area (Å²) in [6.07, 6.45) is 0.617. The number of aliphatic imine (C=N–C) groups is 1. The molecule has 0 fully saturated rings. The van der Waals surface area contributed by atoms with Crippen molar-refractivity contribution < 1.29 is 4.39 Å². The van der Waals surface area contributed by atoms with E-state index in [9.17, 15) is 4.39 Å². The average molecular weight is 448 g/mol. The lowest BCUT2D eigenvalue weighted by atomic mass is 10.1. The molecule has 0 radical (unpaired) electrons. The van der Waals surface area contributed by atoms with Crippen LogP contribution in [0.3, 0.4) is 0 Å². The van der Waals surface area contributed by atoms with Gasteiger partial charge in [0.1, 0.15) is 5.82 Å². The van der Waals surface area contributed by atoms with Crippen LogP contribution >= 0.6 is 35.3 Å². The van der Waals surface area contributed by atoms with Gasteiger partial charge in [0.05, 0.1) is 17.2 Å². The first kappa shape index (κ1) is 19.8. The molecule has 126 valence electrons. The Morgan fingerprint density at radius 3 is 2.61 bits per heavy atom. The van der Waals surface area contributed by atoms with E-state index in [1.807, 2.05) is 19.9 Å². The number of halogens is 2. The topological polar surface area (TPSA) is 49.3 Å². The molecule has 0 aliphatic heterocycles. The minimum Gasteiger partial charge on any atom is -0.356 e. The van der Waals surface area contributed by atoms with E-state index in [1.165, 1.54) is 10.9 Å². The molecular formula is C16H22FIN4S. The second-order valence-electron chi connectivity index (χ2n) is 4.94. The van der Waals surface area contributed by atoms with Crippen molar-refractivity contribution in [1.29, 1.82) is 0 Å². The minimum atomic E-state index is -0.164. The number of thiazole rings is 1. The van der Waals surface area contributed by atoms with Crippen LogP contribution in [-0.4, -0.2) is 24.5 Å². The molecule has 1 heterocycles. The first-order valence-electron chi connectivity index (χ1n) is 7.21. The van der Waals surface area contributed by atoms with Gasteiger partial charge in [-0.15, -0.1) is 35.3 Å². The maximum absolute atomic E-state index is 13.5. The van der Waals surface area contributed by atoms with Gasteiger partial charge in [-0.2, -0.15) is 0 Å². The molecule has 2 N–H and O–H groups in total. The largest absolute Gasteiger partial charge is 0.356 e. The molecule has 0 spiro atoms. The highest BCUT2D eigenvalue weighted by atomic mass is 127. The number of aromatic nitrogens is 1. The summed E-state index contributed by atoms with van der Waals surface area (Å²) in [5, 5.41) is 7.52. The molecule has 0 aliphatic carbocycles. The van der Waals surface area contributed by atoms with E-state index in [-0.39, 0.29) is 29.8 Å². The highest BCUT2D eigenvalue weighted by molar-refractivity contribution is 14.0. The summed E-state index contributed by atoms with van der Waals surface area (Å²) in [5.41, 5.74) is 1.76. The molecule has 2 aromatic rings. The van der Waals surface area contributed by atoms with Crippen LogP contribution in [0.25, 0.3) is 0 Å². The molecule has 7 heteroatoms. The van der Waals surface area contributed by atoms with Gasteiger partial charge in [-0.05, 0) is 31.9 Å². The van der Waals surface area contributed by atoms with Crippen molar-refractivity contribution in [1.82, 2.24) is 15.6 Å². The Morgan fingerprint density at radius 2 is 2.00 bits per heavy atom. The Bertz CT molecular complexity index is 657. The average Bonchev–Trinajstić information content (AvgIpc) is 2.82. The van der Waals surface area contributed by atoms with Crippen molar-refractivity contribution >= 4 is 41.3 Å². The quantitative estimate of drug-likeness (QED) is 0.419. The summed E-state index contributed by atoms with van der Waals surface area (Å²) >= 11 is 1.68. The number of nitrogens with one attached hydrogen (secondary N) is 2. The summed E-state index contributed by atoms with van der Waals surface area (Å²) in [6.45, 7) is 5.33. The maximum atomic E-state index is 13.5. The van der Waals surface area contributed by atoms with E-state index in [0.29, 0.717) is 31.0 Å². The summed E-state index contributed by atoms with van der Waals surface area (Å²) in [6, 6.07) is 6.83. The fourth-order valence-electron chi connectivity index (χ4n) is 2.14. The van der Waals surface area contributed by atoms with E-state index in [4.69, 9.17) is 0 Å². The van der Waals surface area contributed by atoms with Gasteiger partial charge < -0.3 is 10.6 Å². The summed E-state index contributed by atoms with van der Waals surface area (Å²) in [4.78, 5) is 9.78. The van der Waals surface area contributed by atoms with Crippen LogP contribution in [0.4, 0.5) is 4.39 Å². The molecule has 2 rings (SSSR count). The van der Waals surface area contributed by atoms with Gasteiger partial charge in [0.15, 0.2) is 5.96 Å². The number of nitrogens with zero attached hydrogens (tertiary/aromatic N) is 2. The Balaban J connectivity index is 0.00000264. The van der Waals surface area contributed by atoms with Crippen LogP contribution < -0.4 is 10.6 Å². The van der Waals surface area contributed by atoms with Gasteiger partial charge in [-0.1, -0.05) is 18.2 Å². The molecule has 0 bridgehead atoms. The molecule has 1 aromatic heterocycles. The van der Waals surface area contributed by atoms with Crippen LogP contribution in [0.1, 0.15) is 21.1 Å². The van der Waals surface area contributed by atoms with Crippen LogP contribution in [-0.2, 0) is 13.0 Å². The predicted octanol–water partition coefficient (Wildman–Crippen LogP) is 3.42. The molecule has 0 atom stereocenters. The molecular weight excluding hydrogens is 426 g/mol. The summed E-state index contributed by atoms with van der Waals surface area (Å²) in [5.74, 6) is 0.546. The molecule has 0 saturated carbocycles. The maximum Gasteiger partial charge on any atom is 0.191 e. The van der Waals surface area contributed by atoms with Crippen molar-refractivity contribution in [2.75, 3.05) is 13.6 Å². The second-order valence-corrected chi connectivity index (χ2v) is 6.22. The van der Waals surface area contributed by atoms with Gasteiger partial charge in [0, 0.05) is 18.5 Å². The molecule has 1 aromatic carbocycles. The summed E-state index contributed by atoms with van der Waals surface area (Å²) in [7, 11) is 1.73. The lowest BCUT2D eigenvalue weighted by Gasteiger charge is -2.11. The monoisotopic (exact) mass is 448 g/mol. The van der Waals surface area contributed by atoms with Crippen molar-refractivity contribution in [3.05, 3.63) is 51.2 Å². The normalized spacial score (nSPS) is 11.0. The van der Waals surface area contributed by atoms with Crippen molar-refractivity contribution in [2.24, 2.45) is 4.99 Å². The van der Waals surface area contributed by atoms with Gasteiger partial charge in [-0.25, -0.2) is 9.37 Å². The number of guanidine groups is 1. The highest BCUT2D eigenvalue weighted by Crippen LogP contribution is 2.16.